The van der Waals surface area contributed by atoms with Crippen molar-refractivity contribution in [3.05, 3.63) is 131 Å². The second-order valence-electron chi connectivity index (χ2n) is 9.87. The normalized spacial score (nSPS) is 11.9. The summed E-state index contributed by atoms with van der Waals surface area (Å²) >= 11 is 0. The molecule has 0 bridgehead atoms. The van der Waals surface area contributed by atoms with Gasteiger partial charge < -0.3 is 10.2 Å². The molecule has 0 heterocycles. The lowest BCUT2D eigenvalue weighted by Crippen LogP contribution is -2.53. The fourth-order valence-corrected chi connectivity index (χ4v) is 6.23. The van der Waals surface area contributed by atoms with E-state index < -0.39 is 28.5 Å². The van der Waals surface area contributed by atoms with E-state index in [2.05, 4.69) is 5.32 Å². The van der Waals surface area contributed by atoms with Gasteiger partial charge in [0.1, 0.15) is 12.6 Å². The van der Waals surface area contributed by atoms with Gasteiger partial charge in [-0.05, 0) is 54.3 Å². The first-order valence-electron chi connectivity index (χ1n) is 13.4. The van der Waals surface area contributed by atoms with Crippen molar-refractivity contribution in [2.75, 3.05) is 17.9 Å². The third-order valence-electron chi connectivity index (χ3n) is 7.17. The van der Waals surface area contributed by atoms with Crippen LogP contribution >= 0.6 is 0 Å². The van der Waals surface area contributed by atoms with Crippen molar-refractivity contribution in [1.29, 1.82) is 0 Å². The van der Waals surface area contributed by atoms with Gasteiger partial charge >= 0.3 is 0 Å². The number of benzene rings is 4. The molecule has 0 aliphatic rings. The minimum atomic E-state index is -4.12. The third-order valence-corrected chi connectivity index (χ3v) is 8.94. The standard InChI is InChI=1S/C33H35N3O4S/c1-25-14-13-21-30(26(25)2)36(41(39,40)29-19-11-6-12-20-29)24-32(37)35(23-28-17-9-5-10-18-28)31(33(38)34-3)22-27-15-7-4-8-16-27/h4-21,31H,22-24H2,1-3H3,(H,34,38). The Kier molecular flexibility index (Phi) is 9.57. The lowest BCUT2D eigenvalue weighted by molar-refractivity contribution is -0.139. The highest BCUT2D eigenvalue weighted by molar-refractivity contribution is 7.92. The van der Waals surface area contributed by atoms with Gasteiger partial charge in [0.15, 0.2) is 0 Å². The van der Waals surface area contributed by atoms with E-state index in [-0.39, 0.29) is 23.8 Å². The van der Waals surface area contributed by atoms with Crippen LogP contribution in [0.2, 0.25) is 0 Å². The number of sulfonamides is 1. The van der Waals surface area contributed by atoms with Gasteiger partial charge in [0, 0.05) is 20.0 Å². The van der Waals surface area contributed by atoms with Crippen LogP contribution in [0.5, 0.6) is 0 Å². The van der Waals surface area contributed by atoms with Crippen LogP contribution in [0.3, 0.4) is 0 Å². The van der Waals surface area contributed by atoms with E-state index in [0.29, 0.717) is 5.69 Å². The highest BCUT2D eigenvalue weighted by Gasteiger charge is 2.34. The zero-order valence-electron chi connectivity index (χ0n) is 23.5. The van der Waals surface area contributed by atoms with Gasteiger partial charge in [-0.3, -0.25) is 13.9 Å². The number of likely N-dealkylation sites (N-methyl/N-ethyl adjacent to an activating group) is 1. The monoisotopic (exact) mass is 569 g/mol. The van der Waals surface area contributed by atoms with Gasteiger partial charge in [-0.2, -0.15) is 0 Å². The molecule has 1 unspecified atom stereocenters. The van der Waals surface area contributed by atoms with Crippen LogP contribution in [0.1, 0.15) is 22.3 Å². The molecule has 1 atom stereocenters. The number of rotatable bonds is 11. The van der Waals surface area contributed by atoms with E-state index in [1.165, 1.54) is 24.1 Å². The summed E-state index contributed by atoms with van der Waals surface area (Å²) in [6, 6.07) is 31.4. The second-order valence-corrected chi connectivity index (χ2v) is 11.7. The highest BCUT2D eigenvalue weighted by atomic mass is 32.2. The van der Waals surface area contributed by atoms with E-state index in [9.17, 15) is 18.0 Å². The molecule has 0 aliphatic heterocycles. The highest BCUT2D eigenvalue weighted by Crippen LogP contribution is 2.29. The molecule has 41 heavy (non-hydrogen) atoms. The summed E-state index contributed by atoms with van der Waals surface area (Å²) in [5.74, 6) is -0.818. The molecule has 0 aliphatic carbocycles. The summed E-state index contributed by atoms with van der Waals surface area (Å²) in [6.07, 6.45) is 0.272. The molecule has 0 aromatic heterocycles. The Hall–Kier alpha value is -4.43. The van der Waals surface area contributed by atoms with Crippen LogP contribution < -0.4 is 9.62 Å². The number of nitrogens with zero attached hydrogens (tertiary/aromatic N) is 2. The molecule has 8 heteroatoms. The summed E-state index contributed by atoms with van der Waals surface area (Å²) in [5, 5.41) is 2.70. The van der Waals surface area contributed by atoms with E-state index >= 15 is 0 Å². The van der Waals surface area contributed by atoms with Crippen LogP contribution in [-0.4, -0.2) is 44.8 Å². The smallest absolute Gasteiger partial charge is 0.264 e. The van der Waals surface area contributed by atoms with Crippen molar-refractivity contribution in [2.45, 2.75) is 37.8 Å². The quantitative estimate of drug-likeness (QED) is 0.279. The predicted octanol–water partition coefficient (Wildman–Crippen LogP) is 4.88. The van der Waals surface area contributed by atoms with Crippen molar-refractivity contribution < 1.29 is 18.0 Å². The third kappa shape index (κ3) is 7.02. The fourth-order valence-electron chi connectivity index (χ4n) is 4.74. The Labute approximate surface area is 242 Å². The first kappa shape index (κ1) is 29.6. The average Bonchev–Trinajstić information content (AvgIpc) is 3.00. The van der Waals surface area contributed by atoms with Crippen LogP contribution in [0.4, 0.5) is 5.69 Å². The van der Waals surface area contributed by atoms with E-state index in [0.717, 1.165) is 26.6 Å². The van der Waals surface area contributed by atoms with Crippen molar-refractivity contribution >= 4 is 27.5 Å². The van der Waals surface area contributed by atoms with Gasteiger partial charge in [-0.1, -0.05) is 91.0 Å². The lowest BCUT2D eigenvalue weighted by Gasteiger charge is -2.34. The molecule has 7 nitrogen and oxygen atoms in total. The number of nitrogens with one attached hydrogen (secondary N) is 1. The van der Waals surface area contributed by atoms with E-state index in [1.807, 2.05) is 80.6 Å². The maximum atomic E-state index is 14.3. The van der Waals surface area contributed by atoms with Crippen molar-refractivity contribution in [3.63, 3.8) is 0 Å². The number of carbonyl (C=O) groups excluding carboxylic acids is 2. The summed E-state index contributed by atoms with van der Waals surface area (Å²) in [6.45, 7) is 3.40. The maximum absolute atomic E-state index is 14.3. The molecule has 4 aromatic rings. The first-order valence-corrected chi connectivity index (χ1v) is 14.9. The first-order chi connectivity index (χ1) is 19.7. The predicted molar refractivity (Wildman–Crippen MR) is 162 cm³/mol. The molecule has 0 spiro atoms. The Balaban J connectivity index is 1.80. The van der Waals surface area contributed by atoms with Crippen LogP contribution in [0, 0.1) is 13.8 Å². The number of amides is 2. The number of anilines is 1. The van der Waals surface area contributed by atoms with Gasteiger partial charge in [0.25, 0.3) is 10.0 Å². The zero-order chi connectivity index (χ0) is 29.4. The Bertz CT molecular complexity index is 1580. The van der Waals surface area contributed by atoms with E-state index in [1.54, 1.807) is 30.3 Å². The summed E-state index contributed by atoms with van der Waals surface area (Å²) in [7, 11) is -2.58. The summed E-state index contributed by atoms with van der Waals surface area (Å²) < 4.78 is 29.2. The van der Waals surface area contributed by atoms with Crippen LogP contribution in [0.25, 0.3) is 0 Å². The largest absolute Gasteiger partial charge is 0.357 e. The molecule has 4 rings (SSSR count). The van der Waals surface area contributed by atoms with Crippen LogP contribution in [0.15, 0.2) is 114 Å². The van der Waals surface area contributed by atoms with Gasteiger partial charge in [-0.15, -0.1) is 0 Å². The van der Waals surface area contributed by atoms with Gasteiger partial charge in [-0.25, -0.2) is 8.42 Å². The van der Waals surface area contributed by atoms with Crippen molar-refractivity contribution in [1.82, 2.24) is 10.2 Å². The number of hydrogen-bond acceptors (Lipinski definition) is 4. The minimum Gasteiger partial charge on any atom is -0.357 e. The summed E-state index contributed by atoms with van der Waals surface area (Å²) in [5.41, 5.74) is 3.78. The molecule has 1 N–H and O–H groups in total. The Morgan fingerprint density at radius 1 is 0.756 bits per heavy atom. The molecule has 2 amide bonds. The van der Waals surface area contributed by atoms with Crippen LogP contribution in [-0.2, 0) is 32.6 Å². The molecule has 4 aromatic carbocycles. The van der Waals surface area contributed by atoms with Crippen molar-refractivity contribution in [3.8, 4) is 0 Å². The lowest BCUT2D eigenvalue weighted by atomic mass is 10.0. The molecule has 212 valence electrons. The number of hydrogen-bond donors (Lipinski definition) is 1. The molecule has 0 saturated heterocycles. The average molecular weight is 570 g/mol. The second kappa shape index (κ2) is 13.3. The molecule has 0 saturated carbocycles. The van der Waals surface area contributed by atoms with E-state index in [4.69, 9.17) is 0 Å². The SMILES string of the molecule is CNC(=O)C(Cc1ccccc1)N(Cc1ccccc1)C(=O)CN(c1cccc(C)c1C)S(=O)(=O)c1ccccc1. The number of carbonyl (C=O) groups is 2. The van der Waals surface area contributed by atoms with Gasteiger partial charge in [0.2, 0.25) is 11.8 Å². The molecular weight excluding hydrogens is 534 g/mol. The number of aryl methyl sites for hydroxylation is 1. The Morgan fingerprint density at radius 2 is 1.32 bits per heavy atom. The molecule has 0 radical (unpaired) electrons. The fraction of sp³-hybridized carbons (Fsp3) is 0.212. The molecular formula is C33H35N3O4S. The molecule has 0 fully saturated rings. The van der Waals surface area contributed by atoms with Crippen molar-refractivity contribution in [2.24, 2.45) is 0 Å². The van der Waals surface area contributed by atoms with Gasteiger partial charge in [0.05, 0.1) is 10.6 Å². The summed E-state index contributed by atoms with van der Waals surface area (Å²) in [4.78, 5) is 29.2. The topological polar surface area (TPSA) is 86.8 Å². The zero-order valence-corrected chi connectivity index (χ0v) is 24.3. The minimum absolute atomic E-state index is 0.0791. The Morgan fingerprint density at radius 3 is 1.90 bits per heavy atom. The maximum Gasteiger partial charge on any atom is 0.264 e.